The largest absolute Gasteiger partial charge is 0.274 e. The lowest BCUT2D eigenvalue weighted by Gasteiger charge is -2.40. The van der Waals surface area contributed by atoms with Gasteiger partial charge in [0.25, 0.3) is 14.1 Å². The second-order valence-corrected chi connectivity index (χ2v) is 13.0. The summed E-state index contributed by atoms with van der Waals surface area (Å²) < 4.78 is 1.09. The van der Waals surface area contributed by atoms with E-state index in [1.165, 1.54) is 5.28 Å². The summed E-state index contributed by atoms with van der Waals surface area (Å²) in [4.78, 5) is 0. The molecule has 0 aromatic carbocycles. The van der Waals surface area contributed by atoms with Crippen LogP contribution in [0.3, 0.4) is 0 Å². The molecule has 0 radical (unpaired) electrons. The minimum Gasteiger partial charge on any atom is -0.0883 e. The van der Waals surface area contributed by atoms with Gasteiger partial charge in [0, 0.05) is 0 Å². The average Bonchev–Trinajstić information content (AvgIpc) is 1.75. The van der Waals surface area contributed by atoms with Gasteiger partial charge in [0.15, 0.2) is 0 Å². The van der Waals surface area contributed by atoms with Crippen LogP contribution in [0.1, 0.15) is 62.3 Å². The van der Waals surface area contributed by atoms with E-state index in [4.69, 9.17) is 0 Å². The summed E-state index contributed by atoms with van der Waals surface area (Å²) in [5.41, 5.74) is 0.497. The fourth-order valence-corrected chi connectivity index (χ4v) is 7.57. The molecule has 0 saturated carbocycles. The van der Waals surface area contributed by atoms with Gasteiger partial charge in [-0.1, -0.05) is 76.2 Å². The summed E-state index contributed by atoms with van der Waals surface area (Å²) in [6.45, 7) is 21.7. The van der Waals surface area contributed by atoms with Crippen LogP contribution >= 0.6 is 0 Å². The van der Waals surface area contributed by atoms with Crippen molar-refractivity contribution in [3.05, 3.63) is 0 Å². The number of rotatable bonds is 1. The maximum Gasteiger partial charge on any atom is 0.274 e. The zero-order chi connectivity index (χ0) is 11.8. The van der Waals surface area contributed by atoms with Crippen molar-refractivity contribution in [1.82, 2.24) is 0 Å². The summed E-state index contributed by atoms with van der Waals surface area (Å²) in [5.74, 6) is 0. The summed E-state index contributed by atoms with van der Waals surface area (Å²) >= 11 is -0.735. The van der Waals surface area contributed by atoms with E-state index in [1.54, 1.807) is 0 Å². The summed E-state index contributed by atoms with van der Waals surface area (Å²) in [6, 6.07) is 0. The van der Waals surface area contributed by atoms with Gasteiger partial charge in [-0.05, 0) is 5.41 Å². The van der Waals surface area contributed by atoms with E-state index in [1.807, 2.05) is 0 Å². The smallest absolute Gasteiger partial charge is 0.0883 e. The Hall–Kier alpha value is 0.532. The Kier molecular flexibility index (Phi) is 4.35. The Bertz CT molecular complexity index is 159. The van der Waals surface area contributed by atoms with E-state index in [0.29, 0.717) is 14.0 Å². The molecule has 0 bridgehead atoms. The van der Waals surface area contributed by atoms with Crippen molar-refractivity contribution in [2.24, 2.45) is 5.41 Å². The van der Waals surface area contributed by atoms with E-state index in [9.17, 15) is 0 Å². The molecule has 0 fully saturated rings. The van der Waals surface area contributed by atoms with Crippen molar-refractivity contribution in [2.45, 2.75) is 76.2 Å². The van der Waals surface area contributed by atoms with Gasteiger partial charge in [-0.25, -0.2) is 0 Å². The fourth-order valence-electron chi connectivity index (χ4n) is 2.52. The molecule has 84 valence electrons. The van der Waals surface area contributed by atoms with Crippen LogP contribution in [0.2, 0.25) is 13.8 Å². The van der Waals surface area contributed by atoms with E-state index < -0.39 is 14.1 Å². The van der Waals surface area contributed by atoms with Crippen molar-refractivity contribution in [3.63, 3.8) is 0 Å². The van der Waals surface area contributed by atoms with Crippen molar-refractivity contribution in [1.29, 1.82) is 0 Å². The molecule has 0 aliphatic heterocycles. The zero-order valence-corrected chi connectivity index (χ0v) is 12.9. The molecule has 0 amide bonds. The highest BCUT2D eigenvalue weighted by atomic mass is 27.2. The Morgan fingerprint density at radius 1 is 0.643 bits per heavy atom. The summed E-state index contributed by atoms with van der Waals surface area (Å²) in [5, 5.41) is 1.44. The highest BCUT2D eigenvalue weighted by Gasteiger charge is 2.42. The molecule has 0 aromatic rings. The Balaban J connectivity index is 4.78. The summed E-state index contributed by atoms with van der Waals surface area (Å²) in [7, 11) is 0. The molecule has 1 heteroatoms. The minimum absolute atomic E-state index is 0.497. The van der Waals surface area contributed by atoms with E-state index in [-0.39, 0.29) is 0 Å². The van der Waals surface area contributed by atoms with Crippen molar-refractivity contribution < 1.29 is 0 Å². The minimum atomic E-state index is -0.735. The third-order valence-electron chi connectivity index (χ3n) is 2.91. The average molecular weight is 212 g/mol. The van der Waals surface area contributed by atoms with Crippen molar-refractivity contribution >= 4 is 14.1 Å². The van der Waals surface area contributed by atoms with Crippen LogP contribution in [0, 0.1) is 5.41 Å². The van der Waals surface area contributed by atoms with Gasteiger partial charge in [0.05, 0.1) is 0 Å². The highest BCUT2D eigenvalue weighted by Crippen LogP contribution is 2.47. The molecule has 0 rings (SSSR count). The molecule has 0 aliphatic rings. The van der Waals surface area contributed by atoms with Crippen molar-refractivity contribution in [3.8, 4) is 0 Å². The molecule has 0 saturated heterocycles. The fraction of sp³-hybridized carbons (Fsp3) is 1.00. The highest BCUT2D eigenvalue weighted by molar-refractivity contribution is 6.65. The summed E-state index contributed by atoms with van der Waals surface area (Å²) in [6.07, 6.45) is 0. The van der Waals surface area contributed by atoms with Gasteiger partial charge in [-0.2, -0.15) is 0 Å². The monoisotopic (exact) mass is 212 g/mol. The predicted molar refractivity (Wildman–Crippen MR) is 69.4 cm³/mol. The van der Waals surface area contributed by atoms with Crippen LogP contribution in [-0.2, 0) is 0 Å². The van der Waals surface area contributed by atoms with Gasteiger partial charge in [0.2, 0.25) is 0 Å². The van der Waals surface area contributed by atoms with Crippen LogP contribution < -0.4 is 0 Å². The SMILES string of the molecule is CC(C)(C)[CH2][Al]([C](C)(C)C)[C](C)(C)C. The molecule has 0 unspecified atom stereocenters. The predicted octanol–water partition coefficient (Wildman–Crippen LogP) is 5.13. The van der Waals surface area contributed by atoms with Gasteiger partial charge in [-0.3, -0.25) is 0 Å². The first kappa shape index (κ1) is 14.5. The Labute approximate surface area is 95.9 Å². The van der Waals surface area contributed by atoms with Crippen LogP contribution in [0.5, 0.6) is 0 Å². The lowest BCUT2D eigenvalue weighted by atomic mass is 10.0. The molecule has 14 heavy (non-hydrogen) atoms. The molecule has 0 atom stereocenters. The second kappa shape index (κ2) is 4.19. The maximum atomic E-state index is 2.43. The van der Waals surface area contributed by atoms with Gasteiger partial charge >= 0.3 is 0 Å². The lowest BCUT2D eigenvalue weighted by molar-refractivity contribution is 0.447. The quantitative estimate of drug-likeness (QED) is 0.529. The third kappa shape index (κ3) is 5.42. The standard InChI is InChI=1S/C5H11.2C4H9.Al/c1-5(2,3)4;2*1-4(2)3;/h1H2,2-4H3;2*1-3H3;. The normalized spacial score (nSPS) is 14.4. The second-order valence-electron chi connectivity index (χ2n) is 8.05. The molecule has 0 spiro atoms. The third-order valence-corrected chi connectivity index (χ3v) is 8.72. The first-order valence-electron chi connectivity index (χ1n) is 5.84. The molecule has 0 heterocycles. The number of hydrogen-bond donors (Lipinski definition) is 0. The Morgan fingerprint density at radius 2 is 0.929 bits per heavy atom. The van der Waals surface area contributed by atoms with Gasteiger partial charge < -0.3 is 0 Å². The molecular formula is C13H29Al. The first-order chi connectivity index (χ1) is 5.84. The topological polar surface area (TPSA) is 0 Å². The van der Waals surface area contributed by atoms with Crippen LogP contribution in [0.4, 0.5) is 0 Å². The van der Waals surface area contributed by atoms with Crippen LogP contribution in [0.25, 0.3) is 0 Å². The molecule has 0 aliphatic carbocycles. The van der Waals surface area contributed by atoms with E-state index >= 15 is 0 Å². The lowest BCUT2D eigenvalue weighted by Crippen LogP contribution is -2.38. The first-order valence-corrected chi connectivity index (χ1v) is 7.81. The molecular weight excluding hydrogens is 183 g/mol. The number of hydrogen-bond acceptors (Lipinski definition) is 0. The van der Waals surface area contributed by atoms with E-state index in [0.717, 1.165) is 0 Å². The van der Waals surface area contributed by atoms with Crippen molar-refractivity contribution in [2.75, 3.05) is 0 Å². The molecule has 0 nitrogen and oxygen atoms in total. The Morgan fingerprint density at radius 3 is 1.00 bits per heavy atom. The van der Waals surface area contributed by atoms with Gasteiger partial charge in [-0.15, -0.1) is 0 Å². The van der Waals surface area contributed by atoms with Crippen LogP contribution in [-0.4, -0.2) is 14.1 Å². The maximum absolute atomic E-state index is 2.43. The molecule has 0 aromatic heterocycles. The zero-order valence-electron chi connectivity index (χ0n) is 11.8. The molecule has 0 N–H and O–H groups in total. The van der Waals surface area contributed by atoms with Crippen LogP contribution in [0.15, 0.2) is 0 Å². The van der Waals surface area contributed by atoms with E-state index in [2.05, 4.69) is 62.3 Å². The van der Waals surface area contributed by atoms with Gasteiger partial charge in [0.1, 0.15) is 0 Å².